The summed E-state index contributed by atoms with van der Waals surface area (Å²) in [5, 5.41) is 3.05. The van der Waals surface area contributed by atoms with Crippen molar-refractivity contribution in [3.63, 3.8) is 0 Å². The fourth-order valence-electron chi connectivity index (χ4n) is 2.81. The molecule has 2 amide bonds. The van der Waals surface area contributed by atoms with E-state index in [4.69, 9.17) is 0 Å². The second-order valence-electron chi connectivity index (χ2n) is 5.94. The minimum atomic E-state index is 0. The van der Waals surface area contributed by atoms with Crippen molar-refractivity contribution in [2.75, 3.05) is 40.3 Å². The molecule has 1 N–H and O–H groups in total. The van der Waals surface area contributed by atoms with Crippen LogP contribution >= 0.6 is 28.3 Å². The molecule has 1 saturated heterocycles. The van der Waals surface area contributed by atoms with E-state index in [1.54, 1.807) is 4.90 Å². The summed E-state index contributed by atoms with van der Waals surface area (Å²) in [6, 6.07) is 7.41. The second kappa shape index (κ2) is 10.0. The van der Waals surface area contributed by atoms with Crippen molar-refractivity contribution in [2.24, 2.45) is 5.92 Å². The van der Waals surface area contributed by atoms with Crippen molar-refractivity contribution in [1.82, 2.24) is 15.1 Å². The van der Waals surface area contributed by atoms with Crippen LogP contribution in [0.5, 0.6) is 0 Å². The number of hydrogen-bond donors (Lipinski definition) is 1. The summed E-state index contributed by atoms with van der Waals surface area (Å²) in [5.41, 5.74) is 0.698. The minimum absolute atomic E-state index is 0. The lowest BCUT2D eigenvalue weighted by molar-refractivity contribution is -0.135. The molecule has 0 bridgehead atoms. The number of carbonyl (C=O) groups excluding carboxylic acids is 2. The quantitative estimate of drug-likeness (QED) is 0.799. The number of carbonyl (C=O) groups is 2. The summed E-state index contributed by atoms with van der Waals surface area (Å²) < 4.78 is 0.961. The first-order chi connectivity index (χ1) is 11.0. The van der Waals surface area contributed by atoms with Crippen molar-refractivity contribution < 1.29 is 9.59 Å². The summed E-state index contributed by atoms with van der Waals surface area (Å²) in [4.78, 5) is 28.5. The first kappa shape index (κ1) is 20.9. The molecular formula is C17H25BrClN3O2. The van der Waals surface area contributed by atoms with E-state index in [-0.39, 0.29) is 30.1 Å². The van der Waals surface area contributed by atoms with Crippen molar-refractivity contribution in [3.05, 3.63) is 34.3 Å². The van der Waals surface area contributed by atoms with E-state index in [0.29, 0.717) is 25.2 Å². The number of halogens is 2. The van der Waals surface area contributed by atoms with Crippen molar-refractivity contribution >= 4 is 40.2 Å². The number of rotatable bonds is 5. The first-order valence-electron chi connectivity index (χ1n) is 7.97. The predicted octanol–water partition coefficient (Wildman–Crippen LogP) is 2.40. The first-order valence-corrected chi connectivity index (χ1v) is 8.76. The van der Waals surface area contributed by atoms with Gasteiger partial charge in [-0.15, -0.1) is 12.4 Å². The fourth-order valence-corrected chi connectivity index (χ4v) is 3.07. The summed E-state index contributed by atoms with van der Waals surface area (Å²) in [6.45, 7) is 2.80. The fraction of sp³-hybridized carbons (Fsp3) is 0.529. The summed E-state index contributed by atoms with van der Waals surface area (Å²) in [7, 11) is 3.73. The van der Waals surface area contributed by atoms with Gasteiger partial charge in [-0.1, -0.05) is 15.9 Å². The van der Waals surface area contributed by atoms with Gasteiger partial charge in [-0.05, 0) is 44.2 Å². The third kappa shape index (κ3) is 5.46. The van der Waals surface area contributed by atoms with Crippen molar-refractivity contribution in [1.29, 1.82) is 0 Å². The third-order valence-corrected chi connectivity index (χ3v) is 4.82. The molecule has 134 valence electrons. The minimum Gasteiger partial charge on any atom is -0.344 e. The van der Waals surface area contributed by atoms with Crippen LogP contribution in [-0.2, 0) is 4.79 Å². The van der Waals surface area contributed by atoms with Gasteiger partial charge >= 0.3 is 0 Å². The van der Waals surface area contributed by atoms with E-state index >= 15 is 0 Å². The number of hydrogen-bond acceptors (Lipinski definition) is 3. The molecule has 1 aliphatic heterocycles. The highest BCUT2D eigenvalue weighted by Gasteiger charge is 2.29. The smallest absolute Gasteiger partial charge is 0.253 e. The molecule has 0 radical (unpaired) electrons. The molecule has 1 heterocycles. The Hall–Kier alpha value is -1.11. The number of likely N-dealkylation sites (N-methyl/N-ethyl adjacent to an activating group) is 2. The zero-order valence-corrected chi connectivity index (χ0v) is 16.5. The molecule has 1 fully saturated rings. The summed E-state index contributed by atoms with van der Waals surface area (Å²) >= 11 is 3.37. The van der Waals surface area contributed by atoms with E-state index in [1.165, 1.54) is 0 Å². The third-order valence-electron chi connectivity index (χ3n) is 4.30. The van der Waals surface area contributed by atoms with Gasteiger partial charge in [-0.2, -0.15) is 0 Å². The lowest BCUT2D eigenvalue weighted by Crippen LogP contribution is -2.44. The van der Waals surface area contributed by atoms with E-state index in [0.717, 1.165) is 23.9 Å². The van der Waals surface area contributed by atoms with Gasteiger partial charge in [0.05, 0.1) is 0 Å². The van der Waals surface area contributed by atoms with Crippen LogP contribution in [0.25, 0.3) is 0 Å². The molecule has 24 heavy (non-hydrogen) atoms. The topological polar surface area (TPSA) is 52.7 Å². The number of nitrogens with one attached hydrogen (secondary N) is 1. The van der Waals surface area contributed by atoms with Gasteiger partial charge in [0, 0.05) is 49.2 Å². The van der Waals surface area contributed by atoms with Crippen LogP contribution in [0.15, 0.2) is 28.7 Å². The SMILES string of the molecule is CNCCN(C)C(=O)C1CCN(C(=O)c2ccc(Br)cc2)CC1.Cl. The molecule has 0 aromatic heterocycles. The Labute approximate surface area is 158 Å². The van der Waals surface area contributed by atoms with Crippen LogP contribution in [0.2, 0.25) is 0 Å². The van der Waals surface area contributed by atoms with Crippen LogP contribution in [0.4, 0.5) is 0 Å². The van der Waals surface area contributed by atoms with Crippen LogP contribution in [-0.4, -0.2) is 61.9 Å². The van der Waals surface area contributed by atoms with E-state index in [2.05, 4.69) is 21.2 Å². The Morgan fingerprint density at radius 2 is 1.83 bits per heavy atom. The Morgan fingerprint density at radius 3 is 2.38 bits per heavy atom. The maximum atomic E-state index is 12.5. The normalized spacial score (nSPS) is 14.9. The monoisotopic (exact) mass is 417 g/mol. The highest BCUT2D eigenvalue weighted by Crippen LogP contribution is 2.21. The van der Waals surface area contributed by atoms with Crippen molar-refractivity contribution in [3.8, 4) is 0 Å². The second-order valence-corrected chi connectivity index (χ2v) is 6.85. The summed E-state index contributed by atoms with van der Waals surface area (Å²) in [5.74, 6) is 0.272. The van der Waals surface area contributed by atoms with Gasteiger partial charge in [0.15, 0.2) is 0 Å². The Morgan fingerprint density at radius 1 is 1.25 bits per heavy atom. The molecule has 0 aliphatic carbocycles. The molecule has 1 aliphatic rings. The molecule has 2 rings (SSSR count). The molecule has 5 nitrogen and oxygen atoms in total. The van der Waals surface area contributed by atoms with Gasteiger partial charge in [0.2, 0.25) is 5.91 Å². The average Bonchev–Trinajstić information content (AvgIpc) is 2.59. The standard InChI is InChI=1S/C17H24BrN3O2.ClH/c1-19-9-12-20(2)16(22)14-7-10-21(11-8-14)17(23)13-3-5-15(18)6-4-13;/h3-6,14,19H,7-12H2,1-2H3;1H. The van der Waals surface area contributed by atoms with Crippen molar-refractivity contribution in [2.45, 2.75) is 12.8 Å². The lowest BCUT2D eigenvalue weighted by atomic mass is 9.95. The lowest BCUT2D eigenvalue weighted by Gasteiger charge is -2.33. The number of likely N-dealkylation sites (tertiary alicyclic amines) is 1. The van der Waals surface area contributed by atoms with Gasteiger partial charge in [0.1, 0.15) is 0 Å². The van der Waals surface area contributed by atoms with E-state index in [1.807, 2.05) is 43.3 Å². The van der Waals surface area contributed by atoms with Crippen LogP contribution < -0.4 is 5.32 Å². The Kier molecular flexibility index (Phi) is 8.73. The highest BCUT2D eigenvalue weighted by atomic mass is 79.9. The van der Waals surface area contributed by atoms with Crippen LogP contribution in [0.1, 0.15) is 23.2 Å². The van der Waals surface area contributed by atoms with Crippen LogP contribution in [0.3, 0.4) is 0 Å². The highest BCUT2D eigenvalue weighted by molar-refractivity contribution is 9.10. The molecule has 1 aromatic carbocycles. The molecule has 0 unspecified atom stereocenters. The summed E-state index contributed by atoms with van der Waals surface area (Å²) in [6.07, 6.45) is 1.48. The number of amides is 2. The largest absolute Gasteiger partial charge is 0.344 e. The number of benzene rings is 1. The van der Waals surface area contributed by atoms with E-state index in [9.17, 15) is 9.59 Å². The van der Waals surface area contributed by atoms with E-state index < -0.39 is 0 Å². The molecular weight excluding hydrogens is 394 g/mol. The molecule has 0 atom stereocenters. The zero-order chi connectivity index (χ0) is 16.8. The number of piperidine rings is 1. The molecule has 0 spiro atoms. The van der Waals surface area contributed by atoms with Gasteiger partial charge in [-0.3, -0.25) is 9.59 Å². The van der Waals surface area contributed by atoms with Gasteiger partial charge in [0.25, 0.3) is 5.91 Å². The Bertz CT molecular complexity index is 545. The number of nitrogens with zero attached hydrogens (tertiary/aromatic N) is 2. The van der Waals surface area contributed by atoms with Crippen LogP contribution in [0, 0.1) is 5.92 Å². The molecule has 0 saturated carbocycles. The molecule has 7 heteroatoms. The maximum absolute atomic E-state index is 12.5. The molecule has 1 aromatic rings. The average molecular weight is 419 g/mol. The Balaban J connectivity index is 0.00000288. The maximum Gasteiger partial charge on any atom is 0.253 e. The van der Waals surface area contributed by atoms with Gasteiger partial charge in [-0.25, -0.2) is 0 Å². The van der Waals surface area contributed by atoms with Gasteiger partial charge < -0.3 is 15.1 Å². The zero-order valence-electron chi connectivity index (χ0n) is 14.1. The predicted molar refractivity (Wildman–Crippen MR) is 102 cm³/mol.